The summed E-state index contributed by atoms with van der Waals surface area (Å²) in [6, 6.07) is 52.6. The normalized spacial score (nSPS) is 17.3. The van der Waals surface area contributed by atoms with Crippen molar-refractivity contribution in [2.75, 3.05) is 4.90 Å². The van der Waals surface area contributed by atoms with Crippen LogP contribution in [0.25, 0.3) is 43.8 Å². The molecular weight excluding hydrogens is 615 g/mol. The predicted molar refractivity (Wildman–Crippen MR) is 219 cm³/mol. The molecule has 0 saturated heterocycles. The van der Waals surface area contributed by atoms with E-state index in [2.05, 4.69) is 200 Å². The van der Waals surface area contributed by atoms with Crippen molar-refractivity contribution in [2.45, 2.75) is 77.0 Å². The van der Waals surface area contributed by atoms with Crippen LogP contribution in [0.4, 0.5) is 17.1 Å². The molecule has 0 spiro atoms. The Balaban J connectivity index is 1.22. The summed E-state index contributed by atoms with van der Waals surface area (Å²) in [5.41, 5.74) is 14.5. The van der Waals surface area contributed by atoms with E-state index in [-0.39, 0.29) is 21.7 Å². The van der Waals surface area contributed by atoms with E-state index >= 15 is 0 Å². The molecule has 252 valence electrons. The Morgan fingerprint density at radius 1 is 0.314 bits per heavy atom. The van der Waals surface area contributed by atoms with Crippen LogP contribution in [0.5, 0.6) is 0 Å². The standard InChI is InChI=1S/C50H47N/c1-47(2)43-20-14-12-18-38(43)40-27-25-36(30-46(40)50(47,7)8)51(34-16-10-9-11-17-34)35-24-26-37-32(28-35)22-23-33-29-45-42(31-41(33)37)39-19-13-15-21-44(39)48(3,4)49(45,5)6/h9-31H,1-8H3. The Kier molecular flexibility index (Phi) is 6.67. The van der Waals surface area contributed by atoms with Crippen LogP contribution in [0.15, 0.2) is 140 Å². The van der Waals surface area contributed by atoms with Gasteiger partial charge in [-0.25, -0.2) is 0 Å². The Morgan fingerprint density at radius 3 is 1.43 bits per heavy atom. The fraction of sp³-hybridized carbons (Fsp3) is 0.240. The molecule has 9 rings (SSSR count). The number of hydrogen-bond donors (Lipinski definition) is 0. The highest BCUT2D eigenvalue weighted by atomic mass is 15.1. The largest absolute Gasteiger partial charge is 0.310 e. The maximum atomic E-state index is 2.47. The minimum absolute atomic E-state index is 0.0133. The third kappa shape index (κ3) is 4.34. The van der Waals surface area contributed by atoms with Gasteiger partial charge >= 0.3 is 0 Å². The van der Waals surface area contributed by atoms with Gasteiger partial charge in [0.15, 0.2) is 0 Å². The van der Waals surface area contributed by atoms with Crippen LogP contribution in [-0.4, -0.2) is 0 Å². The zero-order valence-electron chi connectivity index (χ0n) is 31.2. The van der Waals surface area contributed by atoms with E-state index < -0.39 is 0 Å². The number of anilines is 3. The van der Waals surface area contributed by atoms with Gasteiger partial charge in [-0.15, -0.1) is 0 Å². The molecule has 2 aliphatic rings. The number of nitrogens with zero attached hydrogens (tertiary/aromatic N) is 1. The first-order chi connectivity index (χ1) is 24.3. The monoisotopic (exact) mass is 661 g/mol. The molecule has 1 heteroatoms. The van der Waals surface area contributed by atoms with Gasteiger partial charge in [0.25, 0.3) is 0 Å². The zero-order chi connectivity index (χ0) is 35.5. The van der Waals surface area contributed by atoms with Gasteiger partial charge in [0.2, 0.25) is 0 Å². The third-order valence-corrected chi connectivity index (χ3v) is 13.7. The maximum Gasteiger partial charge on any atom is 0.0468 e. The maximum absolute atomic E-state index is 2.47. The Hall–Kier alpha value is -5.14. The molecule has 0 aliphatic heterocycles. The topological polar surface area (TPSA) is 3.24 Å². The molecule has 0 fully saturated rings. The van der Waals surface area contributed by atoms with Gasteiger partial charge in [0, 0.05) is 17.1 Å². The van der Waals surface area contributed by atoms with Crippen LogP contribution in [-0.2, 0) is 21.7 Å². The van der Waals surface area contributed by atoms with Crippen molar-refractivity contribution in [3.63, 3.8) is 0 Å². The minimum Gasteiger partial charge on any atom is -0.310 e. The predicted octanol–water partition coefficient (Wildman–Crippen LogP) is 13.9. The van der Waals surface area contributed by atoms with E-state index in [0.717, 1.165) is 11.4 Å². The molecule has 1 nitrogen and oxygen atoms in total. The van der Waals surface area contributed by atoms with Crippen LogP contribution in [0.3, 0.4) is 0 Å². The van der Waals surface area contributed by atoms with E-state index in [1.807, 2.05) is 0 Å². The van der Waals surface area contributed by atoms with Crippen LogP contribution in [0.2, 0.25) is 0 Å². The molecule has 2 aliphatic carbocycles. The molecule has 0 saturated carbocycles. The van der Waals surface area contributed by atoms with E-state index in [4.69, 9.17) is 0 Å². The van der Waals surface area contributed by atoms with Crippen LogP contribution >= 0.6 is 0 Å². The molecule has 0 amide bonds. The molecule has 0 unspecified atom stereocenters. The summed E-state index contributed by atoms with van der Waals surface area (Å²) in [6.45, 7) is 19.3. The second-order valence-corrected chi connectivity index (χ2v) is 17.1. The smallest absolute Gasteiger partial charge is 0.0468 e. The summed E-state index contributed by atoms with van der Waals surface area (Å²) in [7, 11) is 0. The van der Waals surface area contributed by atoms with Crippen molar-refractivity contribution < 1.29 is 0 Å². The second kappa shape index (κ2) is 10.7. The summed E-state index contributed by atoms with van der Waals surface area (Å²) >= 11 is 0. The molecule has 0 N–H and O–H groups in total. The molecule has 0 heterocycles. The summed E-state index contributed by atoms with van der Waals surface area (Å²) in [5.74, 6) is 0. The highest BCUT2D eigenvalue weighted by molar-refractivity contribution is 6.10. The van der Waals surface area contributed by atoms with Gasteiger partial charge in [-0.3, -0.25) is 0 Å². The quantitative estimate of drug-likeness (QED) is 0.170. The molecule has 51 heavy (non-hydrogen) atoms. The van der Waals surface area contributed by atoms with E-state index in [9.17, 15) is 0 Å². The SMILES string of the molecule is CC1(C)c2ccccc2-c2ccc(N(c3ccccc3)c3ccc4c(ccc5cc6c(cc54)-c4ccccc4C(C)(C)C6(C)C)c3)cc2C1(C)C. The minimum atomic E-state index is -0.0705. The average molecular weight is 662 g/mol. The fourth-order valence-electron chi connectivity index (χ4n) is 9.30. The lowest BCUT2D eigenvalue weighted by atomic mass is 9.55. The lowest BCUT2D eigenvalue weighted by molar-refractivity contribution is 0.299. The fourth-order valence-corrected chi connectivity index (χ4v) is 9.30. The lowest BCUT2D eigenvalue weighted by Gasteiger charge is -2.48. The van der Waals surface area contributed by atoms with Gasteiger partial charge in [0.05, 0.1) is 0 Å². The summed E-state index contributed by atoms with van der Waals surface area (Å²) in [5, 5.41) is 5.15. The summed E-state index contributed by atoms with van der Waals surface area (Å²) in [6.07, 6.45) is 0. The molecule has 0 bridgehead atoms. The highest BCUT2D eigenvalue weighted by Gasteiger charge is 2.47. The van der Waals surface area contributed by atoms with Gasteiger partial charge in [0.1, 0.15) is 0 Å². The average Bonchev–Trinajstić information content (AvgIpc) is 3.13. The molecule has 7 aromatic carbocycles. The summed E-state index contributed by atoms with van der Waals surface area (Å²) in [4.78, 5) is 2.43. The van der Waals surface area contributed by atoms with Crippen molar-refractivity contribution in [3.05, 3.63) is 162 Å². The first kappa shape index (κ1) is 31.8. The number of rotatable bonds is 3. The van der Waals surface area contributed by atoms with Crippen molar-refractivity contribution in [3.8, 4) is 22.3 Å². The first-order valence-electron chi connectivity index (χ1n) is 18.5. The Morgan fingerprint density at radius 2 is 0.784 bits per heavy atom. The molecule has 0 radical (unpaired) electrons. The molecule has 0 aromatic heterocycles. The third-order valence-electron chi connectivity index (χ3n) is 13.7. The van der Waals surface area contributed by atoms with E-state index in [0.29, 0.717) is 0 Å². The van der Waals surface area contributed by atoms with Crippen LogP contribution in [0, 0.1) is 0 Å². The number of hydrogen-bond acceptors (Lipinski definition) is 1. The van der Waals surface area contributed by atoms with Crippen molar-refractivity contribution in [2.24, 2.45) is 0 Å². The van der Waals surface area contributed by atoms with E-state index in [1.165, 1.54) is 71.7 Å². The van der Waals surface area contributed by atoms with E-state index in [1.54, 1.807) is 0 Å². The number of para-hydroxylation sites is 1. The van der Waals surface area contributed by atoms with Gasteiger partial charge < -0.3 is 4.90 Å². The van der Waals surface area contributed by atoms with Crippen molar-refractivity contribution in [1.29, 1.82) is 0 Å². The molecule has 0 atom stereocenters. The number of benzene rings is 7. The number of fused-ring (bicyclic) bond motifs is 9. The highest BCUT2D eigenvalue weighted by Crippen LogP contribution is 2.56. The molecule has 7 aromatic rings. The lowest BCUT2D eigenvalue weighted by Crippen LogP contribution is -2.43. The summed E-state index contributed by atoms with van der Waals surface area (Å²) < 4.78 is 0. The van der Waals surface area contributed by atoms with Crippen molar-refractivity contribution >= 4 is 38.6 Å². The Labute approximate surface area is 303 Å². The van der Waals surface area contributed by atoms with Gasteiger partial charge in [-0.05, 0) is 136 Å². The zero-order valence-corrected chi connectivity index (χ0v) is 31.2. The van der Waals surface area contributed by atoms with Crippen LogP contribution in [0.1, 0.15) is 77.6 Å². The van der Waals surface area contributed by atoms with Crippen LogP contribution < -0.4 is 4.90 Å². The van der Waals surface area contributed by atoms with Gasteiger partial charge in [-0.2, -0.15) is 0 Å². The van der Waals surface area contributed by atoms with Gasteiger partial charge in [-0.1, -0.05) is 146 Å². The Bertz CT molecular complexity index is 2530. The first-order valence-corrected chi connectivity index (χ1v) is 18.5. The molecular formula is C50H47N. The second-order valence-electron chi connectivity index (χ2n) is 17.1. The van der Waals surface area contributed by atoms with Crippen molar-refractivity contribution in [1.82, 2.24) is 0 Å².